The summed E-state index contributed by atoms with van der Waals surface area (Å²) in [6, 6.07) is 11.9. The Labute approximate surface area is 121 Å². The second kappa shape index (κ2) is 5.77. The molecule has 0 aliphatic rings. The summed E-state index contributed by atoms with van der Waals surface area (Å²) in [5, 5.41) is 1.48. The van der Waals surface area contributed by atoms with Crippen LogP contribution >= 0.6 is 27.5 Å². The van der Waals surface area contributed by atoms with Gasteiger partial charge in [-0.3, -0.25) is 0 Å². The maximum Gasteiger partial charge on any atom is 0.146 e. The van der Waals surface area contributed by atoms with E-state index < -0.39 is 0 Å². The van der Waals surface area contributed by atoms with Crippen LogP contribution in [0.5, 0.6) is 11.5 Å². The Morgan fingerprint density at radius 3 is 2.50 bits per heavy atom. The van der Waals surface area contributed by atoms with Crippen molar-refractivity contribution < 1.29 is 4.74 Å². The molecule has 0 atom stereocenters. The Kier molecular flexibility index (Phi) is 4.31. The zero-order chi connectivity index (χ0) is 13.1. The number of rotatable bonds is 3. The summed E-state index contributed by atoms with van der Waals surface area (Å²) in [5.74, 6) is 1.54. The number of halogens is 2. The molecule has 0 spiro atoms. The van der Waals surface area contributed by atoms with Crippen molar-refractivity contribution in [3.8, 4) is 11.5 Å². The molecule has 3 heteroatoms. The third-order valence-electron chi connectivity index (χ3n) is 2.70. The van der Waals surface area contributed by atoms with E-state index in [-0.39, 0.29) is 0 Å². The SMILES string of the molecule is Cc1ccc(Cl)c(Oc2ccc(CBr)cc2C)c1. The first-order valence-corrected chi connectivity index (χ1v) is 7.19. The highest BCUT2D eigenvalue weighted by atomic mass is 79.9. The average Bonchev–Trinajstić information content (AvgIpc) is 2.36. The van der Waals surface area contributed by atoms with Gasteiger partial charge in [0, 0.05) is 5.33 Å². The van der Waals surface area contributed by atoms with E-state index in [9.17, 15) is 0 Å². The number of benzene rings is 2. The highest BCUT2D eigenvalue weighted by Gasteiger charge is 2.06. The molecular weight excluding hydrogens is 312 g/mol. The van der Waals surface area contributed by atoms with E-state index in [1.807, 2.05) is 44.2 Å². The second-order valence-electron chi connectivity index (χ2n) is 4.27. The summed E-state index contributed by atoms with van der Waals surface area (Å²) in [5.41, 5.74) is 3.46. The van der Waals surface area contributed by atoms with Gasteiger partial charge in [0.15, 0.2) is 0 Å². The van der Waals surface area contributed by atoms with E-state index in [4.69, 9.17) is 16.3 Å². The number of ether oxygens (including phenoxy) is 1. The molecule has 0 aliphatic carbocycles. The van der Waals surface area contributed by atoms with Crippen LogP contribution in [0.2, 0.25) is 5.02 Å². The summed E-state index contributed by atoms with van der Waals surface area (Å²) < 4.78 is 5.87. The van der Waals surface area contributed by atoms with Gasteiger partial charge in [0.05, 0.1) is 5.02 Å². The molecule has 0 aliphatic heterocycles. The lowest BCUT2D eigenvalue weighted by Gasteiger charge is -2.11. The van der Waals surface area contributed by atoms with E-state index in [0.29, 0.717) is 10.8 Å². The highest BCUT2D eigenvalue weighted by Crippen LogP contribution is 2.32. The minimum atomic E-state index is 0.629. The zero-order valence-electron chi connectivity index (χ0n) is 10.3. The number of hydrogen-bond acceptors (Lipinski definition) is 1. The second-order valence-corrected chi connectivity index (χ2v) is 5.24. The van der Waals surface area contributed by atoms with Crippen molar-refractivity contribution in [2.24, 2.45) is 0 Å². The Morgan fingerprint density at radius 1 is 1.06 bits per heavy atom. The quantitative estimate of drug-likeness (QED) is 0.663. The first-order valence-electron chi connectivity index (χ1n) is 5.69. The molecule has 94 valence electrons. The topological polar surface area (TPSA) is 9.23 Å². The lowest BCUT2D eigenvalue weighted by Crippen LogP contribution is -1.90. The molecule has 2 aromatic rings. The predicted molar refractivity (Wildman–Crippen MR) is 80.1 cm³/mol. The molecule has 0 saturated heterocycles. The molecule has 0 unspecified atom stereocenters. The summed E-state index contributed by atoms with van der Waals surface area (Å²) in [6.07, 6.45) is 0. The minimum absolute atomic E-state index is 0.629. The minimum Gasteiger partial charge on any atom is -0.456 e. The molecular formula is C15H14BrClO. The lowest BCUT2D eigenvalue weighted by atomic mass is 10.1. The Hall–Kier alpha value is -0.990. The molecule has 0 bridgehead atoms. The van der Waals surface area contributed by atoms with Crippen LogP contribution in [0.4, 0.5) is 0 Å². The van der Waals surface area contributed by atoms with Crippen LogP contribution in [-0.4, -0.2) is 0 Å². The number of hydrogen-bond donors (Lipinski definition) is 0. The standard InChI is InChI=1S/C15H14BrClO/c1-10-3-5-13(17)15(7-10)18-14-6-4-12(9-16)8-11(14)2/h3-8H,9H2,1-2H3. The van der Waals surface area contributed by atoms with Crippen molar-refractivity contribution >= 4 is 27.5 Å². The predicted octanol–water partition coefficient (Wildman–Crippen LogP) is 5.64. The molecule has 0 saturated carbocycles. The van der Waals surface area contributed by atoms with Crippen molar-refractivity contribution in [2.75, 3.05) is 0 Å². The maximum absolute atomic E-state index is 6.12. The van der Waals surface area contributed by atoms with Gasteiger partial charge in [0.25, 0.3) is 0 Å². The molecule has 0 fully saturated rings. The zero-order valence-corrected chi connectivity index (χ0v) is 12.7. The van der Waals surface area contributed by atoms with Gasteiger partial charge in [-0.25, -0.2) is 0 Å². The fraction of sp³-hybridized carbons (Fsp3) is 0.200. The molecule has 0 amide bonds. The fourth-order valence-electron chi connectivity index (χ4n) is 1.72. The van der Waals surface area contributed by atoms with Crippen molar-refractivity contribution in [1.82, 2.24) is 0 Å². The largest absolute Gasteiger partial charge is 0.456 e. The molecule has 2 aromatic carbocycles. The maximum atomic E-state index is 6.12. The molecule has 0 aromatic heterocycles. The van der Waals surface area contributed by atoms with Gasteiger partial charge in [-0.15, -0.1) is 0 Å². The summed E-state index contributed by atoms with van der Waals surface area (Å²) in [7, 11) is 0. The van der Waals surface area contributed by atoms with Gasteiger partial charge >= 0.3 is 0 Å². The molecule has 1 nitrogen and oxygen atoms in total. The normalized spacial score (nSPS) is 10.4. The van der Waals surface area contributed by atoms with Gasteiger partial charge in [-0.1, -0.05) is 45.7 Å². The average molecular weight is 326 g/mol. The first-order chi connectivity index (χ1) is 8.60. The van der Waals surface area contributed by atoms with Gasteiger partial charge in [0.1, 0.15) is 11.5 Å². The van der Waals surface area contributed by atoms with Crippen LogP contribution in [0.15, 0.2) is 36.4 Å². The molecule has 0 N–H and O–H groups in total. The van der Waals surface area contributed by atoms with Crippen LogP contribution in [0, 0.1) is 13.8 Å². The van der Waals surface area contributed by atoms with Crippen molar-refractivity contribution in [3.63, 3.8) is 0 Å². The van der Waals surface area contributed by atoms with Crippen LogP contribution < -0.4 is 4.74 Å². The van der Waals surface area contributed by atoms with Gasteiger partial charge in [-0.05, 0) is 48.7 Å². The number of alkyl halides is 1. The summed E-state index contributed by atoms with van der Waals surface area (Å²) in [4.78, 5) is 0. The van der Waals surface area contributed by atoms with E-state index in [1.165, 1.54) is 5.56 Å². The summed E-state index contributed by atoms with van der Waals surface area (Å²) in [6.45, 7) is 4.05. The monoisotopic (exact) mass is 324 g/mol. The molecule has 0 radical (unpaired) electrons. The van der Waals surface area contributed by atoms with E-state index in [0.717, 1.165) is 22.2 Å². The highest BCUT2D eigenvalue weighted by molar-refractivity contribution is 9.08. The number of aryl methyl sites for hydroxylation is 2. The van der Waals surface area contributed by atoms with Gasteiger partial charge in [-0.2, -0.15) is 0 Å². The van der Waals surface area contributed by atoms with Crippen LogP contribution in [0.25, 0.3) is 0 Å². The first kappa shape index (κ1) is 13.4. The van der Waals surface area contributed by atoms with Crippen LogP contribution in [0.1, 0.15) is 16.7 Å². The van der Waals surface area contributed by atoms with Crippen molar-refractivity contribution in [3.05, 3.63) is 58.1 Å². The lowest BCUT2D eigenvalue weighted by molar-refractivity contribution is 0.478. The Bertz CT molecular complexity index is 566. The van der Waals surface area contributed by atoms with E-state index >= 15 is 0 Å². The smallest absolute Gasteiger partial charge is 0.146 e. The van der Waals surface area contributed by atoms with Gasteiger partial charge < -0.3 is 4.74 Å². The van der Waals surface area contributed by atoms with Gasteiger partial charge in [0.2, 0.25) is 0 Å². The Balaban J connectivity index is 2.31. The Morgan fingerprint density at radius 2 is 1.83 bits per heavy atom. The fourth-order valence-corrected chi connectivity index (χ4v) is 2.22. The third kappa shape index (κ3) is 3.06. The van der Waals surface area contributed by atoms with E-state index in [2.05, 4.69) is 22.0 Å². The summed E-state index contributed by atoms with van der Waals surface area (Å²) >= 11 is 9.57. The van der Waals surface area contributed by atoms with Crippen molar-refractivity contribution in [1.29, 1.82) is 0 Å². The molecule has 18 heavy (non-hydrogen) atoms. The molecule has 0 heterocycles. The molecule has 2 rings (SSSR count). The third-order valence-corrected chi connectivity index (χ3v) is 3.66. The van der Waals surface area contributed by atoms with Crippen molar-refractivity contribution in [2.45, 2.75) is 19.2 Å². The van der Waals surface area contributed by atoms with E-state index in [1.54, 1.807) is 0 Å². The van der Waals surface area contributed by atoms with Crippen LogP contribution in [-0.2, 0) is 5.33 Å². The van der Waals surface area contributed by atoms with Crippen LogP contribution in [0.3, 0.4) is 0 Å².